The molecular weight excluding hydrogens is 738 g/mol. The van der Waals surface area contributed by atoms with E-state index >= 15 is 0 Å². The number of ether oxygens (including phenoxy) is 2. The van der Waals surface area contributed by atoms with Crippen LogP contribution in [0.15, 0.2) is 98.1 Å². The molecule has 58 heavy (non-hydrogen) atoms. The van der Waals surface area contributed by atoms with Gasteiger partial charge < -0.3 is 38.5 Å². The van der Waals surface area contributed by atoms with Crippen LogP contribution in [0.2, 0.25) is 0 Å². The number of aliphatic hydroxyl groups excluding tert-OH is 1. The van der Waals surface area contributed by atoms with Crippen LogP contribution in [0.4, 0.5) is 9.18 Å². The SMILES string of the molecule is CC(C)(C)OC(=O)N1[C@@H]2CC[C@H]1CC(Oc1cc(-c3ccc(O)cc3)cn3cncc13)C2.OC1C[C@H]2CC[C@@H](C1)C2.Oc1ccc(-c2cc(F)c3cncn3c2)cc1. The number of piperidine rings is 1. The molecule has 6 atom stereocenters. The minimum atomic E-state index is -0.494. The van der Waals surface area contributed by atoms with Crippen LogP contribution in [0.25, 0.3) is 33.3 Å². The summed E-state index contributed by atoms with van der Waals surface area (Å²) in [4.78, 5) is 22.9. The second-order valence-electron chi connectivity index (χ2n) is 17.3. The number of aliphatic hydroxyl groups is 1. The molecule has 6 heterocycles. The van der Waals surface area contributed by atoms with E-state index in [2.05, 4.69) is 9.97 Å². The molecule has 2 aromatic carbocycles. The molecule has 0 radical (unpaired) electrons. The van der Waals surface area contributed by atoms with E-state index in [1.807, 2.05) is 54.5 Å². The Morgan fingerprint density at radius 2 is 1.22 bits per heavy atom. The number of phenols is 2. The van der Waals surface area contributed by atoms with Crippen molar-refractivity contribution in [3.8, 4) is 39.5 Å². The average Bonchev–Trinajstić information content (AvgIpc) is 3.98. The first-order valence-corrected chi connectivity index (χ1v) is 20.4. The maximum absolute atomic E-state index is 13.7. The van der Waals surface area contributed by atoms with Crippen molar-refractivity contribution in [3.05, 3.63) is 104 Å². The molecule has 3 N–H and O–H groups in total. The van der Waals surface area contributed by atoms with Gasteiger partial charge in [0.1, 0.15) is 45.8 Å². The number of nitrogens with zero attached hydrogens (tertiary/aromatic N) is 5. The van der Waals surface area contributed by atoms with Gasteiger partial charge in [0.15, 0.2) is 0 Å². The lowest BCUT2D eigenvalue weighted by molar-refractivity contribution is -0.00695. The average molecular weight is 790 g/mol. The Hall–Kier alpha value is -5.62. The highest BCUT2D eigenvalue weighted by Crippen LogP contribution is 2.42. The number of halogens is 1. The lowest BCUT2D eigenvalue weighted by Crippen LogP contribution is -2.50. The number of fused-ring (bicyclic) bond motifs is 6. The van der Waals surface area contributed by atoms with Crippen molar-refractivity contribution in [1.82, 2.24) is 23.7 Å². The number of hydrogen-bond acceptors (Lipinski definition) is 8. The van der Waals surface area contributed by atoms with Crippen LogP contribution in [0, 0.1) is 17.7 Å². The molecule has 4 bridgehead atoms. The van der Waals surface area contributed by atoms with Crippen molar-refractivity contribution in [2.75, 3.05) is 0 Å². The highest BCUT2D eigenvalue weighted by molar-refractivity contribution is 5.72. The third kappa shape index (κ3) is 8.92. The van der Waals surface area contributed by atoms with Crippen LogP contribution in [-0.4, -0.2) is 75.0 Å². The van der Waals surface area contributed by atoms with Gasteiger partial charge in [-0.15, -0.1) is 0 Å². The number of carbonyl (C=O) groups excluding carboxylic acids is 1. The van der Waals surface area contributed by atoms with Crippen molar-refractivity contribution in [3.63, 3.8) is 0 Å². The first kappa shape index (κ1) is 39.2. The fraction of sp³-hybridized carbons (Fsp3) is 0.413. The lowest BCUT2D eigenvalue weighted by Gasteiger charge is -2.39. The number of hydrogen-bond donors (Lipinski definition) is 3. The highest BCUT2D eigenvalue weighted by atomic mass is 19.1. The van der Waals surface area contributed by atoms with Crippen LogP contribution < -0.4 is 4.74 Å². The standard InChI is InChI=1S/C25H29N3O4.C13H9FN2O.C8H14O/c1-25(2,3)32-24(30)28-18-6-7-19(28)12-21(11-18)31-23-10-17(14-27-15-26-13-22(23)27)16-4-8-20(29)9-5-16;14-12-5-10(7-16-8-15-6-13(12)16)9-1-3-11(17)4-2-9;9-8-4-6-1-2-7(3-6)5-8/h4-5,8-10,13-15,18-19,21,29H,6-7,11-12H2,1-3H3;1-8,17H;6-9H,1-5H2/t18-,19+,21?;;6-,7+,8?. The Morgan fingerprint density at radius 3 is 1.78 bits per heavy atom. The zero-order valence-corrected chi connectivity index (χ0v) is 33.2. The zero-order chi connectivity index (χ0) is 40.6. The molecule has 304 valence electrons. The molecule has 4 aliphatic rings. The summed E-state index contributed by atoms with van der Waals surface area (Å²) in [5.41, 5.74) is 4.43. The maximum atomic E-state index is 13.7. The quantitative estimate of drug-likeness (QED) is 0.161. The van der Waals surface area contributed by atoms with Gasteiger partial charge in [0.2, 0.25) is 0 Å². The molecule has 2 unspecified atom stereocenters. The Bertz CT molecular complexity index is 2330. The summed E-state index contributed by atoms with van der Waals surface area (Å²) in [6, 6.07) is 17.6. The van der Waals surface area contributed by atoms with E-state index in [1.54, 1.807) is 65.8 Å². The van der Waals surface area contributed by atoms with Crippen LogP contribution in [0.3, 0.4) is 0 Å². The summed E-state index contributed by atoms with van der Waals surface area (Å²) in [6.45, 7) is 5.71. The normalized spacial score (nSPS) is 23.5. The Kier molecular flexibility index (Phi) is 11.0. The third-order valence-electron chi connectivity index (χ3n) is 11.8. The van der Waals surface area contributed by atoms with E-state index in [4.69, 9.17) is 9.47 Å². The van der Waals surface area contributed by atoms with Gasteiger partial charge in [-0.1, -0.05) is 37.1 Å². The van der Waals surface area contributed by atoms with E-state index in [1.165, 1.54) is 31.5 Å². The smallest absolute Gasteiger partial charge is 0.410 e. The summed E-state index contributed by atoms with van der Waals surface area (Å²) >= 11 is 0. The first-order valence-electron chi connectivity index (χ1n) is 20.4. The van der Waals surface area contributed by atoms with Crippen LogP contribution in [-0.2, 0) is 4.74 Å². The summed E-state index contributed by atoms with van der Waals surface area (Å²) in [6.07, 6.45) is 20.2. The van der Waals surface area contributed by atoms with Gasteiger partial charge in [0, 0.05) is 48.4 Å². The second kappa shape index (κ2) is 16.3. The maximum Gasteiger partial charge on any atom is 0.410 e. The van der Waals surface area contributed by atoms with E-state index in [-0.39, 0.29) is 47.7 Å². The molecule has 10 rings (SSSR count). The molecule has 12 heteroatoms. The molecule has 11 nitrogen and oxygen atoms in total. The summed E-state index contributed by atoms with van der Waals surface area (Å²) in [7, 11) is 0. The molecular formula is C46H52FN5O6. The summed E-state index contributed by atoms with van der Waals surface area (Å²) < 4.78 is 29.5. The van der Waals surface area contributed by atoms with E-state index in [9.17, 15) is 24.5 Å². The van der Waals surface area contributed by atoms with Crippen molar-refractivity contribution in [1.29, 1.82) is 0 Å². The van der Waals surface area contributed by atoms with Gasteiger partial charge in [-0.3, -0.25) is 0 Å². The number of rotatable bonds is 4. The van der Waals surface area contributed by atoms with E-state index < -0.39 is 5.60 Å². The Labute approximate surface area is 337 Å². The molecule has 4 aromatic heterocycles. The Morgan fingerprint density at radius 1 is 0.707 bits per heavy atom. The largest absolute Gasteiger partial charge is 0.508 e. The number of carbonyl (C=O) groups is 1. The van der Waals surface area contributed by atoms with Gasteiger partial charge >= 0.3 is 6.09 Å². The van der Waals surface area contributed by atoms with E-state index in [0.29, 0.717) is 5.52 Å². The molecule has 1 amide bonds. The van der Waals surface area contributed by atoms with Crippen LogP contribution >= 0.6 is 0 Å². The second-order valence-corrected chi connectivity index (χ2v) is 17.3. The van der Waals surface area contributed by atoms with Crippen LogP contribution in [0.5, 0.6) is 17.2 Å². The molecule has 2 saturated heterocycles. The number of aromatic nitrogens is 4. The molecule has 2 saturated carbocycles. The van der Waals surface area contributed by atoms with Crippen molar-refractivity contribution < 1.29 is 34.0 Å². The fourth-order valence-electron chi connectivity index (χ4n) is 9.20. The predicted molar refractivity (Wildman–Crippen MR) is 219 cm³/mol. The molecule has 2 aliphatic heterocycles. The number of amides is 1. The van der Waals surface area contributed by atoms with Gasteiger partial charge in [0.25, 0.3) is 0 Å². The number of aromatic hydroxyl groups is 2. The molecule has 6 aromatic rings. The molecule has 4 fully saturated rings. The minimum Gasteiger partial charge on any atom is -0.508 e. The van der Waals surface area contributed by atoms with Crippen molar-refractivity contribution >= 4 is 17.1 Å². The van der Waals surface area contributed by atoms with Gasteiger partial charge in [0.05, 0.1) is 31.2 Å². The van der Waals surface area contributed by atoms with Crippen molar-refractivity contribution in [2.45, 2.75) is 108 Å². The third-order valence-corrected chi connectivity index (χ3v) is 11.8. The number of phenolic OH excluding ortho intramolecular Hbond substituents is 2. The summed E-state index contributed by atoms with van der Waals surface area (Å²) in [5.74, 6) is 2.67. The zero-order valence-electron chi connectivity index (χ0n) is 33.2. The Balaban J connectivity index is 0.000000148. The predicted octanol–water partition coefficient (Wildman–Crippen LogP) is 9.42. The van der Waals surface area contributed by atoms with Gasteiger partial charge in [-0.2, -0.15) is 0 Å². The van der Waals surface area contributed by atoms with Gasteiger partial charge in [-0.05, 0) is 112 Å². The van der Waals surface area contributed by atoms with Crippen LogP contribution in [0.1, 0.15) is 78.6 Å². The number of pyridine rings is 2. The fourth-order valence-corrected chi connectivity index (χ4v) is 9.20. The van der Waals surface area contributed by atoms with Crippen molar-refractivity contribution in [2.24, 2.45) is 11.8 Å². The molecule has 0 spiro atoms. The lowest BCUT2D eigenvalue weighted by atomic mass is 9.87. The number of benzene rings is 2. The highest BCUT2D eigenvalue weighted by Gasteiger charge is 2.45. The van der Waals surface area contributed by atoms with Gasteiger partial charge in [-0.25, -0.2) is 19.2 Å². The first-order chi connectivity index (χ1) is 27.8. The molecule has 2 aliphatic carbocycles. The minimum absolute atomic E-state index is 0.0277. The summed E-state index contributed by atoms with van der Waals surface area (Å²) in [5, 5.41) is 28.1. The topological polar surface area (TPSA) is 134 Å². The van der Waals surface area contributed by atoms with E-state index in [0.717, 1.165) is 83.9 Å². The number of imidazole rings is 2. The monoisotopic (exact) mass is 789 g/mol.